The van der Waals surface area contributed by atoms with Gasteiger partial charge in [-0.05, 0) is 96.3 Å². The minimum absolute atomic E-state index is 0.0644. The number of rotatable bonds is 67. The standard InChI is InChI=1S/C79H138O5/c1-3-5-7-9-11-13-15-17-19-21-23-25-27-29-31-33-34-35-36-37-38-39-40-41-42-43-44-46-48-50-52-54-56-58-60-62-64-66-68-70-72-74-79(82)84-77(75-80)76-83-78(81)73-71-69-67-65-63-61-59-57-55-53-51-49-47-45-32-30-28-26-24-22-20-18-16-14-12-10-8-6-4-2/h5-8,11-14,17-20,23-26,29,31,77,80H,3-4,9-10,15-16,21-22,27-28,30,32-76H2,1-2H3/b7-5-,8-6-,13-11-,14-12-,19-17-,20-18-,25-23-,26-24-,31-29-. The second-order valence-corrected chi connectivity index (χ2v) is 24.3. The van der Waals surface area contributed by atoms with Crippen molar-refractivity contribution in [1.82, 2.24) is 0 Å². The normalized spacial score (nSPS) is 12.8. The first-order valence-electron chi connectivity index (χ1n) is 36.4. The second-order valence-electron chi connectivity index (χ2n) is 24.3. The topological polar surface area (TPSA) is 72.8 Å². The number of aliphatic hydroxyl groups is 1. The Balaban J connectivity index is 3.41. The third kappa shape index (κ3) is 71.0. The first-order chi connectivity index (χ1) is 41.6. The van der Waals surface area contributed by atoms with E-state index < -0.39 is 6.10 Å². The molecule has 0 fully saturated rings. The van der Waals surface area contributed by atoms with Crippen molar-refractivity contribution >= 4 is 11.9 Å². The SMILES string of the molecule is CC/C=C\C/C=C\C/C=C\C/C=C\C/C=C\CCCCCCCCCCCCCCCCCCCCCCCCCCCC(=O)OC(CO)COC(=O)CCCCCCCCCCCCCCCCCC/C=C\C/C=C\C/C=C\C/C=C\CC. The monoisotopic (exact) mass is 1170 g/mol. The highest BCUT2D eigenvalue weighted by Gasteiger charge is 2.16. The lowest BCUT2D eigenvalue weighted by atomic mass is 10.0. The van der Waals surface area contributed by atoms with Crippen LogP contribution in [-0.2, 0) is 19.1 Å². The molecular weight excluding hydrogens is 1030 g/mol. The smallest absolute Gasteiger partial charge is 0.306 e. The van der Waals surface area contributed by atoms with Gasteiger partial charge in [0.15, 0.2) is 6.10 Å². The third-order valence-corrected chi connectivity index (χ3v) is 16.1. The number of unbranched alkanes of at least 4 members (excludes halogenated alkanes) is 41. The fourth-order valence-corrected chi connectivity index (χ4v) is 10.7. The number of ether oxygens (including phenoxy) is 2. The van der Waals surface area contributed by atoms with Gasteiger partial charge in [0.2, 0.25) is 0 Å². The van der Waals surface area contributed by atoms with Gasteiger partial charge in [-0.15, -0.1) is 0 Å². The molecule has 0 rings (SSSR count). The van der Waals surface area contributed by atoms with E-state index in [9.17, 15) is 14.7 Å². The molecule has 1 N–H and O–H groups in total. The molecule has 0 saturated carbocycles. The Bertz CT molecular complexity index is 1610. The van der Waals surface area contributed by atoms with Crippen LogP contribution in [0.5, 0.6) is 0 Å². The quantitative estimate of drug-likeness (QED) is 0.0373. The molecule has 1 unspecified atom stereocenters. The van der Waals surface area contributed by atoms with Crippen LogP contribution in [0.3, 0.4) is 0 Å². The van der Waals surface area contributed by atoms with Crippen molar-refractivity contribution in [2.45, 2.75) is 367 Å². The van der Waals surface area contributed by atoms with Crippen LogP contribution in [-0.4, -0.2) is 36.4 Å². The predicted octanol–water partition coefficient (Wildman–Crippen LogP) is 25.5. The van der Waals surface area contributed by atoms with Crippen LogP contribution >= 0.6 is 0 Å². The summed E-state index contributed by atoms with van der Waals surface area (Å²) in [4.78, 5) is 24.7. The van der Waals surface area contributed by atoms with E-state index in [1.54, 1.807) is 0 Å². The van der Waals surface area contributed by atoms with Crippen molar-refractivity contribution in [3.63, 3.8) is 0 Å². The molecule has 0 amide bonds. The van der Waals surface area contributed by atoms with E-state index >= 15 is 0 Å². The average molecular weight is 1170 g/mol. The van der Waals surface area contributed by atoms with Gasteiger partial charge in [0.1, 0.15) is 6.61 Å². The summed E-state index contributed by atoms with van der Waals surface area (Å²) in [5, 5.41) is 9.71. The van der Waals surface area contributed by atoms with Crippen molar-refractivity contribution < 1.29 is 24.2 Å². The number of allylic oxidation sites excluding steroid dienone is 18. The highest BCUT2D eigenvalue weighted by atomic mass is 16.6. The van der Waals surface area contributed by atoms with Gasteiger partial charge in [0.25, 0.3) is 0 Å². The highest BCUT2D eigenvalue weighted by molar-refractivity contribution is 5.70. The van der Waals surface area contributed by atoms with Crippen LogP contribution < -0.4 is 0 Å². The van der Waals surface area contributed by atoms with Gasteiger partial charge in [-0.2, -0.15) is 0 Å². The lowest BCUT2D eigenvalue weighted by molar-refractivity contribution is -0.161. The number of hydrogen-bond acceptors (Lipinski definition) is 5. The van der Waals surface area contributed by atoms with Crippen molar-refractivity contribution in [2.24, 2.45) is 0 Å². The van der Waals surface area contributed by atoms with Gasteiger partial charge < -0.3 is 14.6 Å². The summed E-state index contributed by atoms with van der Waals surface area (Å²) in [5.74, 6) is -0.575. The zero-order valence-corrected chi connectivity index (χ0v) is 55.6. The molecule has 0 aromatic carbocycles. The fraction of sp³-hybridized carbons (Fsp3) is 0.747. The number of carbonyl (C=O) groups excluding carboxylic acids is 2. The molecule has 5 nitrogen and oxygen atoms in total. The first-order valence-corrected chi connectivity index (χ1v) is 36.4. The van der Waals surface area contributed by atoms with Gasteiger partial charge in [0.05, 0.1) is 6.61 Å². The number of aliphatic hydroxyl groups excluding tert-OH is 1. The van der Waals surface area contributed by atoms with Gasteiger partial charge in [-0.3, -0.25) is 9.59 Å². The molecule has 84 heavy (non-hydrogen) atoms. The van der Waals surface area contributed by atoms with E-state index in [1.165, 1.54) is 238 Å². The molecule has 0 aliphatic heterocycles. The molecule has 0 spiro atoms. The average Bonchev–Trinajstić information content (AvgIpc) is 3.51. The molecule has 484 valence electrons. The summed E-state index contributed by atoms with van der Waals surface area (Å²) in [5.41, 5.74) is 0. The molecule has 0 bridgehead atoms. The molecule has 0 heterocycles. The Kier molecular flexibility index (Phi) is 70.8. The van der Waals surface area contributed by atoms with Crippen LogP contribution in [0.15, 0.2) is 109 Å². The van der Waals surface area contributed by atoms with E-state index in [0.29, 0.717) is 12.8 Å². The van der Waals surface area contributed by atoms with Crippen LogP contribution in [0.1, 0.15) is 361 Å². The molecule has 0 aliphatic rings. The summed E-state index contributed by atoms with van der Waals surface area (Å²) in [6.07, 6.45) is 107. The van der Waals surface area contributed by atoms with Crippen LogP contribution in [0.25, 0.3) is 0 Å². The van der Waals surface area contributed by atoms with E-state index in [0.717, 1.165) is 96.3 Å². The Hall–Kier alpha value is -3.44. The largest absolute Gasteiger partial charge is 0.462 e. The highest BCUT2D eigenvalue weighted by Crippen LogP contribution is 2.19. The van der Waals surface area contributed by atoms with Gasteiger partial charge in [0, 0.05) is 12.8 Å². The maximum absolute atomic E-state index is 12.4. The molecule has 0 aromatic rings. The minimum Gasteiger partial charge on any atom is -0.462 e. The number of carbonyl (C=O) groups is 2. The van der Waals surface area contributed by atoms with Crippen molar-refractivity contribution in [3.8, 4) is 0 Å². The van der Waals surface area contributed by atoms with E-state index in [1.807, 2.05) is 0 Å². The molecule has 5 heteroatoms. The maximum atomic E-state index is 12.4. The molecule has 0 saturated heterocycles. The lowest BCUT2D eigenvalue weighted by Crippen LogP contribution is -2.28. The predicted molar refractivity (Wildman–Crippen MR) is 371 cm³/mol. The maximum Gasteiger partial charge on any atom is 0.306 e. The minimum atomic E-state index is -0.775. The van der Waals surface area contributed by atoms with E-state index in [4.69, 9.17) is 9.47 Å². The van der Waals surface area contributed by atoms with Crippen LogP contribution in [0, 0.1) is 0 Å². The summed E-state index contributed by atoms with van der Waals surface area (Å²) < 4.78 is 10.8. The van der Waals surface area contributed by atoms with Gasteiger partial charge in [-0.25, -0.2) is 0 Å². The summed E-state index contributed by atoms with van der Waals surface area (Å²) in [6.45, 7) is 3.95. The third-order valence-electron chi connectivity index (χ3n) is 16.1. The number of hydrogen-bond donors (Lipinski definition) is 1. The zero-order chi connectivity index (χ0) is 60.5. The molecule has 0 aliphatic carbocycles. The summed E-state index contributed by atoms with van der Waals surface area (Å²) >= 11 is 0. The van der Waals surface area contributed by atoms with Gasteiger partial charge in [-0.1, -0.05) is 361 Å². The van der Waals surface area contributed by atoms with Gasteiger partial charge >= 0.3 is 11.9 Å². The Morgan fingerprint density at radius 1 is 0.274 bits per heavy atom. The van der Waals surface area contributed by atoms with E-state index in [2.05, 4.69) is 123 Å². The Labute approximate surface area is 522 Å². The summed E-state index contributed by atoms with van der Waals surface area (Å²) in [6, 6.07) is 0. The molecule has 0 aromatic heterocycles. The Morgan fingerprint density at radius 3 is 0.714 bits per heavy atom. The summed E-state index contributed by atoms with van der Waals surface area (Å²) in [7, 11) is 0. The van der Waals surface area contributed by atoms with Crippen molar-refractivity contribution in [2.75, 3.05) is 13.2 Å². The lowest BCUT2D eigenvalue weighted by Gasteiger charge is -2.15. The second kappa shape index (κ2) is 73.8. The first kappa shape index (κ1) is 80.6. The van der Waals surface area contributed by atoms with Crippen molar-refractivity contribution in [3.05, 3.63) is 109 Å². The fourth-order valence-electron chi connectivity index (χ4n) is 10.7. The Morgan fingerprint density at radius 2 is 0.476 bits per heavy atom. The molecule has 1 atom stereocenters. The van der Waals surface area contributed by atoms with Crippen LogP contribution in [0.4, 0.5) is 0 Å². The molecular formula is C79H138O5. The van der Waals surface area contributed by atoms with Crippen LogP contribution in [0.2, 0.25) is 0 Å². The van der Waals surface area contributed by atoms with E-state index in [-0.39, 0.29) is 25.2 Å². The van der Waals surface area contributed by atoms with Crippen molar-refractivity contribution in [1.29, 1.82) is 0 Å². The number of esters is 2. The zero-order valence-electron chi connectivity index (χ0n) is 55.6. The molecule has 0 radical (unpaired) electrons.